The van der Waals surface area contributed by atoms with Crippen molar-refractivity contribution in [3.8, 4) is 0 Å². The van der Waals surface area contributed by atoms with Gasteiger partial charge in [-0.2, -0.15) is 13.2 Å². The Morgan fingerprint density at radius 2 is 1.69 bits per heavy atom. The van der Waals surface area contributed by atoms with Crippen molar-refractivity contribution >= 4 is 23.3 Å². The van der Waals surface area contributed by atoms with Gasteiger partial charge in [0.15, 0.2) is 0 Å². The molecule has 29 heavy (non-hydrogen) atoms. The topological polar surface area (TPSA) is 61.4 Å². The number of urea groups is 1. The highest BCUT2D eigenvalue weighted by Crippen LogP contribution is 2.33. The molecule has 0 unspecified atom stereocenters. The Balaban J connectivity index is 1.42. The molecule has 0 spiro atoms. The standard InChI is InChI=1S/C21H20F3N3O2/c22-21(23,24)16-2-1-3-17(11-16)25-20(29)26-18-7-6-13-8-9-27(12-15(13)10-18)19(28)14-4-5-14/h1-3,6-7,10-11,14H,4-5,8-9,12H2,(H2,25,26,29). The number of rotatable bonds is 3. The highest BCUT2D eigenvalue weighted by Gasteiger charge is 2.34. The lowest BCUT2D eigenvalue weighted by Gasteiger charge is -2.29. The Morgan fingerprint density at radius 3 is 2.38 bits per heavy atom. The number of fused-ring (bicyclic) bond motifs is 1. The molecule has 0 bridgehead atoms. The van der Waals surface area contributed by atoms with Crippen molar-refractivity contribution in [2.24, 2.45) is 5.92 Å². The van der Waals surface area contributed by atoms with E-state index in [-0.39, 0.29) is 17.5 Å². The van der Waals surface area contributed by atoms with Crippen molar-refractivity contribution < 1.29 is 22.8 Å². The van der Waals surface area contributed by atoms with Crippen LogP contribution >= 0.6 is 0 Å². The summed E-state index contributed by atoms with van der Waals surface area (Å²) >= 11 is 0. The van der Waals surface area contributed by atoms with Crippen molar-refractivity contribution in [2.45, 2.75) is 32.0 Å². The van der Waals surface area contributed by atoms with Gasteiger partial charge < -0.3 is 15.5 Å². The molecule has 2 N–H and O–H groups in total. The highest BCUT2D eigenvalue weighted by molar-refractivity contribution is 5.99. The maximum absolute atomic E-state index is 12.8. The van der Waals surface area contributed by atoms with Gasteiger partial charge in [0.1, 0.15) is 0 Å². The Hall–Kier alpha value is -3.03. The average Bonchev–Trinajstić information content (AvgIpc) is 3.51. The fourth-order valence-corrected chi connectivity index (χ4v) is 3.48. The van der Waals surface area contributed by atoms with Gasteiger partial charge in [-0.25, -0.2) is 4.79 Å². The second-order valence-electron chi connectivity index (χ2n) is 7.43. The zero-order chi connectivity index (χ0) is 20.6. The first kappa shape index (κ1) is 19.3. The first-order chi connectivity index (χ1) is 13.8. The number of benzene rings is 2. The number of nitrogens with one attached hydrogen (secondary N) is 2. The summed E-state index contributed by atoms with van der Waals surface area (Å²) in [5.74, 6) is 0.354. The molecule has 8 heteroatoms. The Bertz CT molecular complexity index is 954. The third kappa shape index (κ3) is 4.52. The molecule has 1 aliphatic heterocycles. The molecule has 4 rings (SSSR count). The van der Waals surface area contributed by atoms with Crippen LogP contribution in [-0.2, 0) is 23.9 Å². The molecular weight excluding hydrogens is 383 g/mol. The van der Waals surface area contributed by atoms with Gasteiger partial charge in [-0.15, -0.1) is 0 Å². The number of anilines is 2. The second kappa shape index (κ2) is 7.42. The van der Waals surface area contributed by atoms with Crippen molar-refractivity contribution in [3.63, 3.8) is 0 Å². The normalized spacial score (nSPS) is 16.2. The quantitative estimate of drug-likeness (QED) is 0.784. The monoisotopic (exact) mass is 403 g/mol. The summed E-state index contributed by atoms with van der Waals surface area (Å²) in [5.41, 5.74) is 1.85. The summed E-state index contributed by atoms with van der Waals surface area (Å²) in [6.07, 6.45) is -1.79. The summed E-state index contributed by atoms with van der Waals surface area (Å²) < 4.78 is 38.4. The molecule has 152 valence electrons. The third-order valence-electron chi connectivity index (χ3n) is 5.16. The van der Waals surface area contributed by atoms with Crippen LogP contribution in [0, 0.1) is 5.92 Å². The summed E-state index contributed by atoms with van der Waals surface area (Å²) in [6.45, 7) is 1.21. The number of hydrogen-bond acceptors (Lipinski definition) is 2. The molecular formula is C21H20F3N3O2. The molecule has 0 radical (unpaired) electrons. The number of alkyl halides is 3. The predicted molar refractivity (Wildman–Crippen MR) is 102 cm³/mol. The average molecular weight is 403 g/mol. The molecule has 2 aromatic carbocycles. The maximum atomic E-state index is 12.8. The Morgan fingerprint density at radius 1 is 0.966 bits per heavy atom. The van der Waals surface area contributed by atoms with Crippen molar-refractivity contribution in [3.05, 3.63) is 59.2 Å². The van der Waals surface area contributed by atoms with Gasteiger partial charge in [-0.1, -0.05) is 12.1 Å². The van der Waals surface area contributed by atoms with Crippen LogP contribution in [0.4, 0.5) is 29.3 Å². The molecule has 2 aromatic rings. The summed E-state index contributed by atoms with van der Waals surface area (Å²) in [7, 11) is 0. The largest absolute Gasteiger partial charge is 0.416 e. The van der Waals surface area contributed by atoms with E-state index in [9.17, 15) is 22.8 Å². The Labute approximate surface area is 165 Å². The lowest BCUT2D eigenvalue weighted by atomic mass is 9.98. The van der Waals surface area contributed by atoms with Crippen LogP contribution in [0.2, 0.25) is 0 Å². The lowest BCUT2D eigenvalue weighted by molar-refractivity contribution is -0.137. The number of amides is 3. The number of hydrogen-bond donors (Lipinski definition) is 2. The van der Waals surface area contributed by atoms with E-state index >= 15 is 0 Å². The minimum Gasteiger partial charge on any atom is -0.338 e. The zero-order valence-corrected chi connectivity index (χ0v) is 15.6. The van der Waals surface area contributed by atoms with E-state index in [1.807, 2.05) is 17.0 Å². The van der Waals surface area contributed by atoms with Gasteiger partial charge in [-0.3, -0.25) is 4.79 Å². The molecule has 0 atom stereocenters. The first-order valence-corrected chi connectivity index (χ1v) is 9.45. The molecule has 1 aliphatic carbocycles. The maximum Gasteiger partial charge on any atom is 0.416 e. The first-order valence-electron chi connectivity index (χ1n) is 9.45. The smallest absolute Gasteiger partial charge is 0.338 e. The van der Waals surface area contributed by atoms with Crippen molar-refractivity contribution in [1.29, 1.82) is 0 Å². The van der Waals surface area contributed by atoms with E-state index in [2.05, 4.69) is 10.6 Å². The molecule has 3 amide bonds. The van der Waals surface area contributed by atoms with Gasteiger partial charge in [0.05, 0.1) is 5.56 Å². The van der Waals surface area contributed by atoms with Crippen LogP contribution in [0.3, 0.4) is 0 Å². The van der Waals surface area contributed by atoms with E-state index in [0.717, 1.165) is 42.5 Å². The number of halogens is 3. The summed E-state index contributed by atoms with van der Waals surface area (Å²) in [6, 6.07) is 9.30. The summed E-state index contributed by atoms with van der Waals surface area (Å²) in [4.78, 5) is 26.4. The highest BCUT2D eigenvalue weighted by atomic mass is 19.4. The van der Waals surface area contributed by atoms with Gasteiger partial charge in [0, 0.05) is 30.4 Å². The zero-order valence-electron chi connectivity index (χ0n) is 15.6. The van der Waals surface area contributed by atoms with E-state index in [0.29, 0.717) is 18.8 Å². The fraction of sp³-hybridized carbons (Fsp3) is 0.333. The molecule has 1 fully saturated rings. The van der Waals surface area contributed by atoms with Gasteiger partial charge in [-0.05, 0) is 60.7 Å². The SMILES string of the molecule is O=C(Nc1cccc(C(F)(F)F)c1)Nc1ccc2c(c1)CN(C(=O)C1CC1)CC2. The number of carbonyl (C=O) groups is 2. The van der Waals surface area contributed by atoms with Crippen LogP contribution in [0.1, 0.15) is 29.5 Å². The van der Waals surface area contributed by atoms with Gasteiger partial charge >= 0.3 is 12.2 Å². The van der Waals surface area contributed by atoms with Gasteiger partial charge in [0.2, 0.25) is 5.91 Å². The molecule has 2 aliphatic rings. The molecule has 1 heterocycles. The molecule has 1 saturated carbocycles. The van der Waals surface area contributed by atoms with E-state index in [1.165, 1.54) is 12.1 Å². The number of carbonyl (C=O) groups excluding carboxylic acids is 2. The lowest BCUT2D eigenvalue weighted by Crippen LogP contribution is -2.36. The van der Waals surface area contributed by atoms with Gasteiger partial charge in [0.25, 0.3) is 0 Å². The van der Waals surface area contributed by atoms with E-state index in [4.69, 9.17) is 0 Å². The Kier molecular flexibility index (Phi) is 4.94. The molecule has 0 aromatic heterocycles. The minimum absolute atomic E-state index is 0.0523. The fourth-order valence-electron chi connectivity index (χ4n) is 3.48. The van der Waals surface area contributed by atoms with Crippen LogP contribution in [0.25, 0.3) is 0 Å². The second-order valence-corrected chi connectivity index (χ2v) is 7.43. The van der Waals surface area contributed by atoms with Crippen molar-refractivity contribution in [1.82, 2.24) is 4.90 Å². The van der Waals surface area contributed by atoms with Crippen LogP contribution in [0.5, 0.6) is 0 Å². The predicted octanol–water partition coefficient (Wildman–Crippen LogP) is 4.64. The molecule has 5 nitrogen and oxygen atoms in total. The van der Waals surface area contributed by atoms with Crippen molar-refractivity contribution in [2.75, 3.05) is 17.2 Å². The van der Waals surface area contributed by atoms with Crippen LogP contribution < -0.4 is 10.6 Å². The third-order valence-corrected chi connectivity index (χ3v) is 5.16. The minimum atomic E-state index is -4.48. The molecule has 0 saturated heterocycles. The number of nitrogens with zero attached hydrogens (tertiary/aromatic N) is 1. The van der Waals surface area contributed by atoms with E-state index < -0.39 is 17.8 Å². The summed E-state index contributed by atoms with van der Waals surface area (Å²) in [5, 5.41) is 5.06. The van der Waals surface area contributed by atoms with Crippen LogP contribution in [0.15, 0.2) is 42.5 Å². The van der Waals surface area contributed by atoms with E-state index in [1.54, 1.807) is 6.07 Å². The van der Waals surface area contributed by atoms with Crippen LogP contribution in [-0.4, -0.2) is 23.4 Å².